The average Bonchev–Trinajstić information content (AvgIpc) is 2.96. The largest absolute Gasteiger partial charge is 0.354 e. The summed E-state index contributed by atoms with van der Waals surface area (Å²) in [5.41, 5.74) is 1.90. The quantitative estimate of drug-likeness (QED) is 0.798. The van der Waals surface area contributed by atoms with Crippen molar-refractivity contribution in [2.45, 2.75) is 12.8 Å². The first-order valence-corrected chi connectivity index (χ1v) is 6.83. The molecule has 0 radical (unpaired) electrons. The molecule has 0 spiro atoms. The van der Waals surface area contributed by atoms with E-state index in [4.69, 9.17) is 4.74 Å². The molecule has 0 amide bonds. The van der Waals surface area contributed by atoms with Crippen molar-refractivity contribution in [1.82, 2.24) is 4.90 Å². The average molecular weight is 267 g/mol. The molecule has 3 nitrogen and oxygen atoms in total. The van der Waals surface area contributed by atoms with Gasteiger partial charge in [-0.1, -0.05) is 60.7 Å². The first-order chi connectivity index (χ1) is 9.84. The van der Waals surface area contributed by atoms with Gasteiger partial charge in [-0.3, -0.25) is 9.69 Å². The van der Waals surface area contributed by atoms with E-state index in [0.29, 0.717) is 12.2 Å². The zero-order valence-corrected chi connectivity index (χ0v) is 11.2. The van der Waals surface area contributed by atoms with Crippen molar-refractivity contribution >= 4 is 5.78 Å². The molecule has 1 aliphatic rings. The smallest absolute Gasteiger partial charge is 0.206 e. The molecule has 2 aromatic carbocycles. The SMILES string of the molecule is O=C(c1ccccc1)C1OCCN1Cc1ccccc1. The molecule has 0 aromatic heterocycles. The molecule has 1 fully saturated rings. The van der Waals surface area contributed by atoms with Crippen LogP contribution in [0.1, 0.15) is 15.9 Å². The van der Waals surface area contributed by atoms with Crippen molar-refractivity contribution in [3.63, 3.8) is 0 Å². The first kappa shape index (κ1) is 13.0. The molecule has 0 aliphatic carbocycles. The van der Waals surface area contributed by atoms with Gasteiger partial charge in [0, 0.05) is 18.7 Å². The summed E-state index contributed by atoms with van der Waals surface area (Å²) in [6.07, 6.45) is -0.461. The minimum atomic E-state index is -0.461. The molecule has 102 valence electrons. The van der Waals surface area contributed by atoms with Gasteiger partial charge in [-0.05, 0) is 5.56 Å². The summed E-state index contributed by atoms with van der Waals surface area (Å²) in [5.74, 6) is 0.0408. The Hall–Kier alpha value is -1.97. The third-order valence-corrected chi connectivity index (χ3v) is 3.50. The zero-order chi connectivity index (χ0) is 13.8. The van der Waals surface area contributed by atoms with Crippen molar-refractivity contribution in [3.05, 3.63) is 71.8 Å². The molecule has 1 atom stereocenters. The van der Waals surface area contributed by atoms with E-state index in [2.05, 4.69) is 17.0 Å². The molecule has 0 bridgehead atoms. The van der Waals surface area contributed by atoms with E-state index in [1.165, 1.54) is 5.56 Å². The molecule has 1 unspecified atom stereocenters. The Morgan fingerprint density at radius 3 is 2.40 bits per heavy atom. The Kier molecular flexibility index (Phi) is 3.90. The highest BCUT2D eigenvalue weighted by Crippen LogP contribution is 2.18. The van der Waals surface area contributed by atoms with Gasteiger partial charge < -0.3 is 4.74 Å². The van der Waals surface area contributed by atoms with Gasteiger partial charge in [-0.2, -0.15) is 0 Å². The van der Waals surface area contributed by atoms with Crippen molar-refractivity contribution < 1.29 is 9.53 Å². The van der Waals surface area contributed by atoms with Gasteiger partial charge in [-0.25, -0.2) is 0 Å². The minimum absolute atomic E-state index is 0.0408. The van der Waals surface area contributed by atoms with Gasteiger partial charge in [0.2, 0.25) is 5.78 Å². The Morgan fingerprint density at radius 2 is 1.70 bits per heavy atom. The summed E-state index contributed by atoms with van der Waals surface area (Å²) < 4.78 is 5.63. The molecule has 1 heterocycles. The number of benzene rings is 2. The first-order valence-electron chi connectivity index (χ1n) is 6.83. The van der Waals surface area contributed by atoms with Crippen molar-refractivity contribution in [2.75, 3.05) is 13.2 Å². The number of hydrogen-bond acceptors (Lipinski definition) is 3. The van der Waals surface area contributed by atoms with Crippen molar-refractivity contribution in [3.8, 4) is 0 Å². The van der Waals surface area contributed by atoms with Crippen LogP contribution in [0.2, 0.25) is 0 Å². The van der Waals surface area contributed by atoms with E-state index in [0.717, 1.165) is 13.1 Å². The third-order valence-electron chi connectivity index (χ3n) is 3.50. The number of ketones is 1. The maximum absolute atomic E-state index is 12.5. The summed E-state index contributed by atoms with van der Waals surface area (Å²) in [6, 6.07) is 19.5. The number of hydrogen-bond donors (Lipinski definition) is 0. The second-order valence-electron chi connectivity index (χ2n) is 4.91. The van der Waals surface area contributed by atoms with E-state index in [9.17, 15) is 4.79 Å². The lowest BCUT2D eigenvalue weighted by atomic mass is 10.1. The maximum atomic E-state index is 12.5. The van der Waals surface area contributed by atoms with Gasteiger partial charge in [0.15, 0.2) is 6.23 Å². The minimum Gasteiger partial charge on any atom is -0.354 e. The highest BCUT2D eigenvalue weighted by molar-refractivity contribution is 5.99. The highest BCUT2D eigenvalue weighted by Gasteiger charge is 2.32. The normalized spacial score (nSPS) is 19.1. The molecular weight excluding hydrogens is 250 g/mol. The van der Waals surface area contributed by atoms with E-state index in [1.54, 1.807) is 0 Å². The Balaban J connectivity index is 1.74. The van der Waals surface area contributed by atoms with E-state index >= 15 is 0 Å². The van der Waals surface area contributed by atoms with Gasteiger partial charge in [0.25, 0.3) is 0 Å². The Morgan fingerprint density at radius 1 is 1.05 bits per heavy atom. The van der Waals surface area contributed by atoms with Gasteiger partial charge in [0.05, 0.1) is 6.61 Å². The maximum Gasteiger partial charge on any atom is 0.206 e. The van der Waals surface area contributed by atoms with Crippen LogP contribution in [-0.4, -0.2) is 30.1 Å². The van der Waals surface area contributed by atoms with Crippen LogP contribution in [-0.2, 0) is 11.3 Å². The lowest BCUT2D eigenvalue weighted by molar-refractivity contribution is 0.0275. The van der Waals surface area contributed by atoms with E-state index < -0.39 is 6.23 Å². The second-order valence-corrected chi connectivity index (χ2v) is 4.91. The zero-order valence-electron chi connectivity index (χ0n) is 11.2. The molecule has 0 N–H and O–H groups in total. The second kappa shape index (κ2) is 5.99. The van der Waals surface area contributed by atoms with Crippen LogP contribution in [0.15, 0.2) is 60.7 Å². The predicted molar refractivity (Wildman–Crippen MR) is 77.4 cm³/mol. The van der Waals surface area contributed by atoms with Gasteiger partial charge in [-0.15, -0.1) is 0 Å². The van der Waals surface area contributed by atoms with Crippen LogP contribution in [0.25, 0.3) is 0 Å². The van der Waals surface area contributed by atoms with Crippen LogP contribution in [0.4, 0.5) is 0 Å². The van der Waals surface area contributed by atoms with Gasteiger partial charge in [0.1, 0.15) is 0 Å². The number of carbonyl (C=O) groups excluding carboxylic acids is 1. The Labute approximate surface area is 118 Å². The topological polar surface area (TPSA) is 29.5 Å². The van der Waals surface area contributed by atoms with Crippen molar-refractivity contribution in [2.24, 2.45) is 0 Å². The third kappa shape index (κ3) is 2.79. The predicted octanol–water partition coefficient (Wildman–Crippen LogP) is 2.73. The number of Topliss-reactive ketones (excluding diaryl/α,β-unsaturated/α-hetero) is 1. The standard InChI is InChI=1S/C17H17NO2/c19-16(15-9-5-2-6-10-15)17-18(11-12-20-17)13-14-7-3-1-4-8-14/h1-10,17H,11-13H2. The van der Waals surface area contributed by atoms with Crippen LogP contribution in [0.3, 0.4) is 0 Å². The number of carbonyl (C=O) groups is 1. The van der Waals surface area contributed by atoms with Crippen LogP contribution in [0.5, 0.6) is 0 Å². The molecular formula is C17H17NO2. The molecule has 3 rings (SSSR count). The fraction of sp³-hybridized carbons (Fsp3) is 0.235. The lowest BCUT2D eigenvalue weighted by Gasteiger charge is -2.21. The van der Waals surface area contributed by atoms with Crippen molar-refractivity contribution in [1.29, 1.82) is 0 Å². The summed E-state index contributed by atoms with van der Waals surface area (Å²) in [5, 5.41) is 0. The summed E-state index contributed by atoms with van der Waals surface area (Å²) in [4.78, 5) is 14.6. The molecule has 3 heteroatoms. The fourth-order valence-corrected chi connectivity index (χ4v) is 2.47. The molecule has 20 heavy (non-hydrogen) atoms. The van der Waals surface area contributed by atoms with Gasteiger partial charge >= 0.3 is 0 Å². The number of nitrogens with zero attached hydrogens (tertiary/aromatic N) is 1. The monoisotopic (exact) mass is 267 g/mol. The summed E-state index contributed by atoms with van der Waals surface area (Å²) in [6.45, 7) is 2.14. The number of ether oxygens (including phenoxy) is 1. The summed E-state index contributed by atoms with van der Waals surface area (Å²) in [7, 11) is 0. The fourth-order valence-electron chi connectivity index (χ4n) is 2.47. The van der Waals surface area contributed by atoms with Crippen LogP contribution < -0.4 is 0 Å². The molecule has 1 saturated heterocycles. The Bertz CT molecular complexity index is 568. The molecule has 0 saturated carbocycles. The number of rotatable bonds is 4. The van der Waals surface area contributed by atoms with E-state index in [-0.39, 0.29) is 5.78 Å². The van der Waals surface area contributed by atoms with E-state index in [1.807, 2.05) is 48.5 Å². The molecule has 1 aliphatic heterocycles. The summed E-state index contributed by atoms with van der Waals surface area (Å²) >= 11 is 0. The molecule has 2 aromatic rings. The highest BCUT2D eigenvalue weighted by atomic mass is 16.5. The lowest BCUT2D eigenvalue weighted by Crippen LogP contribution is -2.36. The van der Waals surface area contributed by atoms with Crippen LogP contribution >= 0.6 is 0 Å². The van der Waals surface area contributed by atoms with Crippen LogP contribution in [0, 0.1) is 0 Å².